The van der Waals surface area contributed by atoms with Gasteiger partial charge in [0, 0.05) is 25.2 Å². The van der Waals surface area contributed by atoms with Crippen LogP contribution < -0.4 is 10.6 Å². The number of aryl methyl sites for hydroxylation is 2. The molecule has 4 nitrogen and oxygen atoms in total. The number of hydrogen-bond donors (Lipinski definition) is 2. The van der Waals surface area contributed by atoms with E-state index in [-0.39, 0.29) is 0 Å². The summed E-state index contributed by atoms with van der Waals surface area (Å²) < 4.78 is 0. The molecule has 1 saturated carbocycles. The first kappa shape index (κ1) is 12.5. The molecule has 17 heavy (non-hydrogen) atoms. The molecule has 94 valence electrons. The molecule has 1 aliphatic rings. The van der Waals surface area contributed by atoms with Gasteiger partial charge in [-0.05, 0) is 45.2 Å². The molecule has 1 aliphatic carbocycles. The normalized spacial score (nSPS) is 17.1. The van der Waals surface area contributed by atoms with Crippen LogP contribution in [0.2, 0.25) is 0 Å². The van der Waals surface area contributed by atoms with Crippen LogP contribution in [-0.2, 0) is 6.54 Å². The third-order valence-electron chi connectivity index (χ3n) is 3.14. The van der Waals surface area contributed by atoms with Gasteiger partial charge < -0.3 is 10.6 Å². The van der Waals surface area contributed by atoms with Crippen molar-refractivity contribution < 1.29 is 0 Å². The summed E-state index contributed by atoms with van der Waals surface area (Å²) in [6.07, 6.45) is 2.69. The molecule has 1 unspecified atom stereocenters. The van der Waals surface area contributed by atoms with Crippen molar-refractivity contribution in [2.75, 3.05) is 6.54 Å². The van der Waals surface area contributed by atoms with Crippen molar-refractivity contribution in [2.45, 2.75) is 52.2 Å². The molecule has 0 aliphatic heterocycles. The highest BCUT2D eigenvalue weighted by Crippen LogP contribution is 2.18. The van der Waals surface area contributed by atoms with Crippen molar-refractivity contribution in [3.8, 4) is 0 Å². The van der Waals surface area contributed by atoms with E-state index < -0.39 is 0 Å². The van der Waals surface area contributed by atoms with Gasteiger partial charge in [-0.25, -0.2) is 0 Å². The minimum absolute atomic E-state index is 0.489. The van der Waals surface area contributed by atoms with Crippen LogP contribution >= 0.6 is 0 Å². The smallest absolute Gasteiger partial charge is 0.0645 e. The predicted octanol–water partition coefficient (Wildman–Crippen LogP) is 1.32. The third-order valence-corrected chi connectivity index (χ3v) is 3.14. The molecule has 1 fully saturated rings. The van der Waals surface area contributed by atoms with E-state index in [1.165, 1.54) is 18.4 Å². The molecule has 1 atom stereocenters. The number of nitrogens with one attached hydrogen (secondary N) is 2. The van der Waals surface area contributed by atoms with Gasteiger partial charge in [-0.15, -0.1) is 0 Å². The van der Waals surface area contributed by atoms with Crippen LogP contribution in [0, 0.1) is 13.8 Å². The number of aromatic nitrogens is 2. The van der Waals surface area contributed by atoms with E-state index in [2.05, 4.69) is 33.8 Å². The van der Waals surface area contributed by atoms with E-state index in [4.69, 9.17) is 0 Å². The lowest BCUT2D eigenvalue weighted by Crippen LogP contribution is -2.37. The van der Waals surface area contributed by atoms with Gasteiger partial charge in [0.05, 0.1) is 11.4 Å². The second-order valence-corrected chi connectivity index (χ2v) is 5.06. The van der Waals surface area contributed by atoms with Gasteiger partial charge in [0.2, 0.25) is 0 Å². The predicted molar refractivity (Wildman–Crippen MR) is 68.8 cm³/mol. The van der Waals surface area contributed by atoms with E-state index in [9.17, 15) is 0 Å². The van der Waals surface area contributed by atoms with Gasteiger partial charge in [0.1, 0.15) is 0 Å². The highest BCUT2D eigenvalue weighted by Gasteiger charge is 2.20. The molecule has 1 aromatic rings. The maximum atomic E-state index is 4.14. The van der Waals surface area contributed by atoms with Gasteiger partial charge in [0.25, 0.3) is 0 Å². The van der Waals surface area contributed by atoms with Gasteiger partial charge in [0.15, 0.2) is 0 Å². The lowest BCUT2D eigenvalue weighted by atomic mass is 10.2. The molecule has 0 amide bonds. The van der Waals surface area contributed by atoms with Crippen molar-refractivity contribution in [2.24, 2.45) is 0 Å². The van der Waals surface area contributed by atoms with Crippen LogP contribution in [0.3, 0.4) is 0 Å². The maximum absolute atomic E-state index is 4.14. The molecule has 0 radical (unpaired) electrons. The summed E-state index contributed by atoms with van der Waals surface area (Å²) in [5.41, 5.74) is 3.25. The van der Waals surface area contributed by atoms with Crippen LogP contribution in [0.25, 0.3) is 0 Å². The van der Waals surface area contributed by atoms with Crippen molar-refractivity contribution in [3.05, 3.63) is 23.0 Å². The summed E-state index contributed by atoms with van der Waals surface area (Å²) in [5.74, 6) is 0. The highest BCUT2D eigenvalue weighted by atomic mass is 15.1. The van der Waals surface area contributed by atoms with Crippen molar-refractivity contribution in [3.63, 3.8) is 0 Å². The monoisotopic (exact) mass is 234 g/mol. The Morgan fingerprint density at radius 3 is 2.82 bits per heavy atom. The summed E-state index contributed by atoms with van der Waals surface area (Å²) >= 11 is 0. The standard InChI is InChI=1S/C13H22N4/c1-9-6-12(11(3)17-16-9)8-14-10(2)7-15-13-4-5-13/h6,10,13-15H,4-5,7-8H2,1-3H3. The zero-order valence-corrected chi connectivity index (χ0v) is 11.0. The van der Waals surface area contributed by atoms with Crippen molar-refractivity contribution in [1.29, 1.82) is 0 Å². The first-order chi connectivity index (χ1) is 8.15. The molecule has 2 rings (SSSR count). The SMILES string of the molecule is Cc1cc(CNC(C)CNC2CC2)c(C)nn1. The summed E-state index contributed by atoms with van der Waals surface area (Å²) in [6.45, 7) is 8.12. The Morgan fingerprint density at radius 2 is 2.12 bits per heavy atom. The Morgan fingerprint density at radius 1 is 1.35 bits per heavy atom. The van der Waals surface area contributed by atoms with E-state index in [1.807, 2.05) is 13.8 Å². The molecule has 0 aromatic carbocycles. The average Bonchev–Trinajstić information content (AvgIpc) is 3.11. The molecule has 0 bridgehead atoms. The fourth-order valence-corrected chi connectivity index (χ4v) is 1.77. The van der Waals surface area contributed by atoms with Crippen molar-refractivity contribution >= 4 is 0 Å². The molecular formula is C13H22N4. The number of nitrogens with zero attached hydrogens (tertiary/aromatic N) is 2. The Labute approximate surface area is 103 Å². The van der Waals surface area contributed by atoms with Gasteiger partial charge in [-0.2, -0.15) is 10.2 Å². The molecule has 1 aromatic heterocycles. The average molecular weight is 234 g/mol. The largest absolute Gasteiger partial charge is 0.312 e. The molecular weight excluding hydrogens is 212 g/mol. The van der Waals surface area contributed by atoms with Gasteiger partial charge >= 0.3 is 0 Å². The third kappa shape index (κ3) is 4.06. The molecule has 2 N–H and O–H groups in total. The highest BCUT2D eigenvalue weighted by molar-refractivity contribution is 5.19. The summed E-state index contributed by atoms with van der Waals surface area (Å²) in [4.78, 5) is 0. The second kappa shape index (κ2) is 5.56. The van der Waals surface area contributed by atoms with Gasteiger partial charge in [-0.1, -0.05) is 0 Å². The topological polar surface area (TPSA) is 49.8 Å². The fraction of sp³-hybridized carbons (Fsp3) is 0.692. The minimum atomic E-state index is 0.489. The Hall–Kier alpha value is -1.00. The molecule has 0 spiro atoms. The van der Waals surface area contributed by atoms with E-state index in [1.54, 1.807) is 0 Å². The van der Waals surface area contributed by atoms with Crippen LogP contribution in [0.5, 0.6) is 0 Å². The van der Waals surface area contributed by atoms with E-state index >= 15 is 0 Å². The minimum Gasteiger partial charge on any atom is -0.312 e. The Balaban J connectivity index is 1.77. The Bertz CT molecular complexity index is 374. The van der Waals surface area contributed by atoms with E-state index in [0.29, 0.717) is 6.04 Å². The Kier molecular flexibility index (Phi) is 4.07. The van der Waals surface area contributed by atoms with Crippen LogP contribution in [0.4, 0.5) is 0 Å². The summed E-state index contributed by atoms with van der Waals surface area (Å²) in [7, 11) is 0. The molecule has 4 heteroatoms. The van der Waals surface area contributed by atoms with E-state index in [0.717, 1.165) is 30.5 Å². The van der Waals surface area contributed by atoms with Crippen LogP contribution in [0.1, 0.15) is 36.7 Å². The first-order valence-electron chi connectivity index (χ1n) is 6.41. The maximum Gasteiger partial charge on any atom is 0.0645 e. The summed E-state index contributed by atoms with van der Waals surface area (Å²) in [6, 6.07) is 3.38. The lowest BCUT2D eigenvalue weighted by molar-refractivity contribution is 0.498. The summed E-state index contributed by atoms with van der Waals surface area (Å²) in [5, 5.41) is 15.2. The first-order valence-corrected chi connectivity index (χ1v) is 6.41. The number of hydrogen-bond acceptors (Lipinski definition) is 4. The van der Waals surface area contributed by atoms with Crippen molar-refractivity contribution in [1.82, 2.24) is 20.8 Å². The molecule has 0 saturated heterocycles. The quantitative estimate of drug-likeness (QED) is 0.779. The molecule has 1 heterocycles. The van der Waals surface area contributed by atoms with Crippen LogP contribution in [0.15, 0.2) is 6.07 Å². The fourth-order valence-electron chi connectivity index (χ4n) is 1.77. The second-order valence-electron chi connectivity index (χ2n) is 5.06. The zero-order valence-electron chi connectivity index (χ0n) is 11.0. The lowest BCUT2D eigenvalue weighted by Gasteiger charge is -2.15. The zero-order chi connectivity index (χ0) is 12.3. The van der Waals surface area contributed by atoms with Gasteiger partial charge in [-0.3, -0.25) is 0 Å². The van der Waals surface area contributed by atoms with Crippen LogP contribution in [-0.4, -0.2) is 28.8 Å². The number of rotatable bonds is 6.